The highest BCUT2D eigenvalue weighted by Crippen LogP contribution is 2.39. The number of alkyl halides is 3. The van der Waals surface area contributed by atoms with Crippen molar-refractivity contribution in [3.8, 4) is 5.75 Å². The Morgan fingerprint density at radius 3 is 2.74 bits per heavy atom. The summed E-state index contributed by atoms with van der Waals surface area (Å²) in [6.07, 6.45) is -3.54. The molecule has 23 heavy (non-hydrogen) atoms. The average molecular weight is 352 g/mol. The molecule has 0 atom stereocenters. The number of halogens is 4. The van der Waals surface area contributed by atoms with E-state index in [0.29, 0.717) is 11.1 Å². The summed E-state index contributed by atoms with van der Waals surface area (Å²) in [5.74, 6) is -1.05. The van der Waals surface area contributed by atoms with Crippen molar-refractivity contribution in [2.75, 3.05) is 19.8 Å². The summed E-state index contributed by atoms with van der Waals surface area (Å²) in [6.45, 7) is 0.968. The highest BCUT2D eigenvalue weighted by atomic mass is 35.5. The maximum absolute atomic E-state index is 12.4. The maximum atomic E-state index is 12.4. The third-order valence-corrected chi connectivity index (χ3v) is 3.43. The standard InChI is InChI=1S/C14H13ClF3NO4/c1-7-4-10(23-14(16,17)18)12(15)11-8(5-19-13(7)11)9(21)6-22-3-2-20/h4-5,19-20H,2-3,6H2,1H3. The van der Waals surface area contributed by atoms with Crippen molar-refractivity contribution < 1.29 is 32.5 Å². The van der Waals surface area contributed by atoms with Gasteiger partial charge in [-0.3, -0.25) is 4.79 Å². The summed E-state index contributed by atoms with van der Waals surface area (Å²) in [6, 6.07) is 1.14. The topological polar surface area (TPSA) is 71.6 Å². The van der Waals surface area contributed by atoms with Gasteiger partial charge in [-0.15, -0.1) is 13.2 Å². The number of Topliss-reactive ketones (excluding diaryl/α,β-unsaturated/α-hetero) is 1. The number of hydrogen-bond acceptors (Lipinski definition) is 4. The van der Waals surface area contributed by atoms with Crippen LogP contribution in [0.2, 0.25) is 5.02 Å². The average Bonchev–Trinajstić information content (AvgIpc) is 2.88. The molecule has 1 heterocycles. The molecule has 0 unspecified atom stereocenters. The molecular weight excluding hydrogens is 339 g/mol. The van der Waals surface area contributed by atoms with Crippen LogP contribution in [0.5, 0.6) is 5.75 Å². The monoisotopic (exact) mass is 351 g/mol. The van der Waals surface area contributed by atoms with Crippen LogP contribution in [-0.4, -0.2) is 42.1 Å². The Labute approximate surface area is 133 Å². The van der Waals surface area contributed by atoms with Gasteiger partial charge in [-0.2, -0.15) is 0 Å². The number of hydrogen-bond donors (Lipinski definition) is 2. The van der Waals surface area contributed by atoms with Crippen LogP contribution in [0.3, 0.4) is 0 Å². The molecule has 0 aliphatic heterocycles. The zero-order chi connectivity index (χ0) is 17.2. The number of H-pyrrole nitrogens is 1. The van der Waals surface area contributed by atoms with Gasteiger partial charge in [0.15, 0.2) is 5.78 Å². The summed E-state index contributed by atoms with van der Waals surface area (Å²) >= 11 is 5.99. The number of ether oxygens (including phenoxy) is 2. The van der Waals surface area contributed by atoms with Crippen molar-refractivity contribution in [1.82, 2.24) is 4.98 Å². The normalized spacial score (nSPS) is 11.9. The minimum atomic E-state index is -4.89. The lowest BCUT2D eigenvalue weighted by atomic mass is 10.1. The van der Waals surface area contributed by atoms with Gasteiger partial charge in [0.25, 0.3) is 0 Å². The van der Waals surface area contributed by atoms with Crippen LogP contribution >= 0.6 is 11.6 Å². The third kappa shape index (κ3) is 3.95. The maximum Gasteiger partial charge on any atom is 0.573 e. The van der Waals surface area contributed by atoms with Gasteiger partial charge in [0.1, 0.15) is 12.4 Å². The van der Waals surface area contributed by atoms with Gasteiger partial charge >= 0.3 is 6.36 Å². The fraction of sp³-hybridized carbons (Fsp3) is 0.357. The second-order valence-corrected chi connectivity index (χ2v) is 5.08. The largest absolute Gasteiger partial charge is 0.573 e. The zero-order valence-corrected chi connectivity index (χ0v) is 12.7. The van der Waals surface area contributed by atoms with Crippen LogP contribution in [-0.2, 0) is 4.74 Å². The van der Waals surface area contributed by atoms with E-state index < -0.39 is 17.9 Å². The van der Waals surface area contributed by atoms with E-state index in [1.807, 2.05) is 0 Å². The van der Waals surface area contributed by atoms with E-state index in [2.05, 4.69) is 9.72 Å². The highest BCUT2D eigenvalue weighted by molar-refractivity contribution is 6.38. The first-order valence-electron chi connectivity index (χ1n) is 6.52. The minimum Gasteiger partial charge on any atom is -0.404 e. The van der Waals surface area contributed by atoms with E-state index in [1.165, 1.54) is 6.20 Å². The predicted octanol–water partition coefficient (Wildman–Crippen LogP) is 3.22. The molecule has 2 rings (SSSR count). The van der Waals surface area contributed by atoms with Crippen molar-refractivity contribution in [2.45, 2.75) is 13.3 Å². The number of carbonyl (C=O) groups excluding carboxylic acids is 1. The van der Waals surface area contributed by atoms with Crippen molar-refractivity contribution >= 4 is 28.3 Å². The Morgan fingerprint density at radius 2 is 2.13 bits per heavy atom. The summed E-state index contributed by atoms with van der Waals surface area (Å²) in [5.41, 5.74) is 0.979. The van der Waals surface area contributed by atoms with E-state index >= 15 is 0 Å². The number of ketones is 1. The SMILES string of the molecule is Cc1cc(OC(F)(F)F)c(Cl)c2c(C(=O)COCCO)c[nH]c12. The van der Waals surface area contributed by atoms with Crippen LogP contribution in [0.15, 0.2) is 12.3 Å². The quantitative estimate of drug-likeness (QED) is 0.619. The number of aromatic nitrogens is 1. The Balaban J connectivity index is 2.46. The van der Waals surface area contributed by atoms with Crippen LogP contribution < -0.4 is 4.74 Å². The molecule has 1 aromatic carbocycles. The third-order valence-electron chi connectivity index (χ3n) is 3.05. The molecule has 0 spiro atoms. The lowest BCUT2D eigenvalue weighted by molar-refractivity contribution is -0.274. The number of aromatic amines is 1. The molecule has 2 N–H and O–H groups in total. The van der Waals surface area contributed by atoms with E-state index in [4.69, 9.17) is 21.4 Å². The van der Waals surface area contributed by atoms with Gasteiger partial charge in [-0.25, -0.2) is 0 Å². The Hall–Kier alpha value is -1.77. The lowest BCUT2D eigenvalue weighted by Crippen LogP contribution is -2.17. The molecule has 9 heteroatoms. The predicted molar refractivity (Wildman–Crippen MR) is 77.0 cm³/mol. The number of aliphatic hydroxyl groups is 1. The summed E-state index contributed by atoms with van der Waals surface area (Å²) in [4.78, 5) is 14.9. The Kier molecular flexibility index (Phi) is 5.18. The molecule has 0 radical (unpaired) electrons. The molecule has 5 nitrogen and oxygen atoms in total. The van der Waals surface area contributed by atoms with E-state index in [1.54, 1.807) is 6.92 Å². The molecule has 2 aromatic rings. The minimum absolute atomic E-state index is 0.0245. The molecule has 0 amide bonds. The van der Waals surface area contributed by atoms with E-state index in [0.717, 1.165) is 6.07 Å². The van der Waals surface area contributed by atoms with Crippen LogP contribution in [0.1, 0.15) is 15.9 Å². The second-order valence-electron chi connectivity index (χ2n) is 4.71. The Morgan fingerprint density at radius 1 is 1.43 bits per heavy atom. The van der Waals surface area contributed by atoms with Crippen molar-refractivity contribution in [1.29, 1.82) is 0 Å². The number of carbonyl (C=O) groups is 1. The molecule has 0 bridgehead atoms. The molecule has 0 aliphatic carbocycles. The zero-order valence-electron chi connectivity index (χ0n) is 12.0. The smallest absolute Gasteiger partial charge is 0.404 e. The van der Waals surface area contributed by atoms with Crippen LogP contribution in [0.25, 0.3) is 10.9 Å². The molecule has 0 aliphatic rings. The van der Waals surface area contributed by atoms with E-state index in [-0.39, 0.29) is 35.8 Å². The van der Waals surface area contributed by atoms with Gasteiger partial charge in [0.05, 0.1) is 23.8 Å². The first-order valence-corrected chi connectivity index (χ1v) is 6.90. The summed E-state index contributed by atoms with van der Waals surface area (Å²) < 4.78 is 46.2. The highest BCUT2D eigenvalue weighted by Gasteiger charge is 2.33. The van der Waals surface area contributed by atoms with Crippen molar-refractivity contribution in [2.24, 2.45) is 0 Å². The van der Waals surface area contributed by atoms with Crippen molar-refractivity contribution in [3.05, 3.63) is 28.4 Å². The molecule has 126 valence electrons. The first kappa shape index (κ1) is 17.6. The molecule has 1 aromatic heterocycles. The first-order chi connectivity index (χ1) is 10.7. The van der Waals surface area contributed by atoms with Crippen LogP contribution in [0.4, 0.5) is 13.2 Å². The molecule has 0 saturated carbocycles. The lowest BCUT2D eigenvalue weighted by Gasteiger charge is -2.13. The fourth-order valence-corrected chi connectivity index (χ4v) is 2.43. The molecule has 0 fully saturated rings. The number of fused-ring (bicyclic) bond motifs is 1. The summed E-state index contributed by atoms with van der Waals surface area (Å²) in [5, 5.41) is 8.45. The van der Waals surface area contributed by atoms with E-state index in [9.17, 15) is 18.0 Å². The van der Waals surface area contributed by atoms with Gasteiger partial charge < -0.3 is 19.6 Å². The van der Waals surface area contributed by atoms with Crippen LogP contribution in [0, 0.1) is 6.92 Å². The number of benzene rings is 1. The number of rotatable bonds is 6. The second kappa shape index (κ2) is 6.77. The number of aliphatic hydroxyl groups excluding tert-OH is 1. The number of nitrogens with one attached hydrogen (secondary N) is 1. The molecular formula is C14H13ClF3NO4. The van der Waals surface area contributed by atoms with Gasteiger partial charge in [0.2, 0.25) is 0 Å². The fourth-order valence-electron chi connectivity index (χ4n) is 2.14. The van der Waals surface area contributed by atoms with Gasteiger partial charge in [-0.05, 0) is 18.6 Å². The Bertz CT molecular complexity index is 727. The van der Waals surface area contributed by atoms with Gasteiger partial charge in [-0.1, -0.05) is 11.6 Å². The summed E-state index contributed by atoms with van der Waals surface area (Å²) in [7, 11) is 0. The van der Waals surface area contributed by atoms with Crippen molar-refractivity contribution in [3.63, 3.8) is 0 Å². The van der Waals surface area contributed by atoms with Gasteiger partial charge in [0, 0.05) is 17.1 Å². The number of aryl methyl sites for hydroxylation is 1. The molecule has 0 saturated heterocycles.